The molecule has 10 N–H and O–H groups in total. The summed E-state index contributed by atoms with van der Waals surface area (Å²) in [6.07, 6.45) is 1.02. The van der Waals surface area contributed by atoms with Crippen LogP contribution in [0.5, 0.6) is 0 Å². The molecule has 0 aromatic carbocycles. The number of hydrogen-bond acceptors (Lipinski definition) is 10. The van der Waals surface area contributed by atoms with Gasteiger partial charge in [-0.1, -0.05) is 0 Å². The number of aliphatic hydroxyl groups excluding tert-OH is 2. The fourth-order valence-electron chi connectivity index (χ4n) is 2.38. The zero-order valence-electron chi connectivity index (χ0n) is 18.6. The van der Waals surface area contributed by atoms with Gasteiger partial charge in [0.1, 0.15) is 30.2 Å². The Labute approximate surface area is 199 Å². The van der Waals surface area contributed by atoms with Gasteiger partial charge in [-0.05, 0) is 25.4 Å². The van der Waals surface area contributed by atoms with Crippen LogP contribution in [0.2, 0.25) is 0 Å². The van der Waals surface area contributed by atoms with Crippen LogP contribution in [-0.2, 0) is 28.8 Å². The Morgan fingerprint density at radius 1 is 0.794 bits per heavy atom. The Bertz CT molecular complexity index is 753. The molecule has 0 heterocycles. The van der Waals surface area contributed by atoms with Crippen molar-refractivity contribution in [1.82, 2.24) is 21.3 Å². The van der Waals surface area contributed by atoms with E-state index in [4.69, 9.17) is 26.2 Å². The molecule has 15 nitrogen and oxygen atoms in total. The number of nitrogens with one attached hydrogen (secondary N) is 4. The second-order valence-electron chi connectivity index (χ2n) is 7.10. The minimum atomic E-state index is -1.60. The Kier molecular flexibility index (Phi) is 14.4. The smallest absolute Gasteiger partial charge is 0.328 e. The van der Waals surface area contributed by atoms with E-state index in [-0.39, 0.29) is 6.42 Å². The molecule has 0 aliphatic rings. The number of carboxylic acid groups (broad SMARTS) is 2. The van der Waals surface area contributed by atoms with Gasteiger partial charge in [-0.25, -0.2) is 4.79 Å². The lowest BCUT2D eigenvalue weighted by molar-refractivity contribution is -0.143. The zero-order valence-corrected chi connectivity index (χ0v) is 19.5. The van der Waals surface area contributed by atoms with Crippen molar-refractivity contribution >= 4 is 47.3 Å². The summed E-state index contributed by atoms with van der Waals surface area (Å²) in [7, 11) is 0. The first-order valence-electron chi connectivity index (χ1n) is 10.00. The van der Waals surface area contributed by atoms with Crippen LogP contribution in [0.25, 0.3) is 0 Å². The number of thioether (sulfide) groups is 1. The monoisotopic (exact) mass is 509 g/mol. The van der Waals surface area contributed by atoms with Crippen LogP contribution in [0.4, 0.5) is 0 Å². The number of aliphatic carboxylic acids is 2. The van der Waals surface area contributed by atoms with Crippen LogP contribution in [0.15, 0.2) is 0 Å². The summed E-state index contributed by atoms with van der Waals surface area (Å²) in [5.41, 5.74) is 5.33. The molecule has 0 radical (unpaired) electrons. The van der Waals surface area contributed by atoms with Crippen LogP contribution in [0.1, 0.15) is 19.8 Å². The minimum Gasteiger partial charge on any atom is -0.481 e. The van der Waals surface area contributed by atoms with Gasteiger partial charge >= 0.3 is 11.9 Å². The molecule has 34 heavy (non-hydrogen) atoms. The molecule has 0 aliphatic heterocycles. The molecular formula is C18H31N5O10S. The molecule has 0 rings (SSSR count). The van der Waals surface area contributed by atoms with Crippen molar-refractivity contribution in [1.29, 1.82) is 0 Å². The lowest BCUT2D eigenvalue weighted by atomic mass is 10.1. The van der Waals surface area contributed by atoms with Crippen molar-refractivity contribution in [2.45, 2.75) is 50.0 Å². The highest BCUT2D eigenvalue weighted by atomic mass is 32.2. The van der Waals surface area contributed by atoms with Crippen LogP contribution in [-0.4, -0.2) is 111 Å². The lowest BCUT2D eigenvalue weighted by Crippen LogP contribution is -2.58. The van der Waals surface area contributed by atoms with E-state index in [1.807, 2.05) is 0 Å². The van der Waals surface area contributed by atoms with Crippen LogP contribution in [0, 0.1) is 0 Å². The summed E-state index contributed by atoms with van der Waals surface area (Å²) >= 11 is 1.35. The summed E-state index contributed by atoms with van der Waals surface area (Å²) in [4.78, 5) is 71.3. The molecule has 194 valence electrons. The SMILES string of the molecule is CSCC[C@H](NC(=O)[C@H](C)NC(=O)[C@H](CC(=O)O)NC(=O)[C@@H](N)CO)C(=O)N[C@@H](CO)C(=O)O. The number of rotatable bonds is 16. The third-order valence-corrected chi connectivity index (χ3v) is 4.98. The van der Waals surface area contributed by atoms with Gasteiger partial charge in [-0.3, -0.25) is 24.0 Å². The summed E-state index contributed by atoms with van der Waals surface area (Å²) in [6.45, 7) is -0.373. The number of carbonyl (C=O) groups is 6. The topological polar surface area (TPSA) is 257 Å². The first kappa shape index (κ1) is 31.0. The number of amides is 4. The van der Waals surface area contributed by atoms with E-state index in [9.17, 15) is 28.8 Å². The first-order valence-corrected chi connectivity index (χ1v) is 11.4. The molecule has 5 atom stereocenters. The Morgan fingerprint density at radius 3 is 1.79 bits per heavy atom. The predicted octanol–water partition coefficient (Wildman–Crippen LogP) is -4.43. The van der Waals surface area contributed by atoms with Crippen molar-refractivity contribution in [3.8, 4) is 0 Å². The van der Waals surface area contributed by atoms with Gasteiger partial charge < -0.3 is 47.4 Å². The van der Waals surface area contributed by atoms with E-state index < -0.39 is 85.4 Å². The second kappa shape index (κ2) is 15.8. The van der Waals surface area contributed by atoms with Gasteiger partial charge in [-0.15, -0.1) is 0 Å². The van der Waals surface area contributed by atoms with Crippen molar-refractivity contribution < 1.29 is 49.2 Å². The Hall–Kier alpha value is -2.95. The molecule has 4 amide bonds. The predicted molar refractivity (Wildman–Crippen MR) is 118 cm³/mol. The third kappa shape index (κ3) is 11.3. The number of carbonyl (C=O) groups excluding carboxylic acids is 4. The molecule has 0 unspecified atom stereocenters. The number of aliphatic hydroxyl groups is 2. The van der Waals surface area contributed by atoms with E-state index in [1.54, 1.807) is 6.26 Å². The normalized spacial score (nSPS) is 15.1. The molecule has 0 saturated carbocycles. The first-order chi connectivity index (χ1) is 15.9. The quantitative estimate of drug-likeness (QED) is 0.0955. The van der Waals surface area contributed by atoms with E-state index in [1.165, 1.54) is 18.7 Å². The maximum absolute atomic E-state index is 12.5. The Balaban J connectivity index is 5.28. The van der Waals surface area contributed by atoms with Crippen LogP contribution in [0.3, 0.4) is 0 Å². The molecule has 0 fully saturated rings. The van der Waals surface area contributed by atoms with Gasteiger partial charge in [0.05, 0.1) is 19.6 Å². The van der Waals surface area contributed by atoms with Crippen LogP contribution >= 0.6 is 11.8 Å². The fraction of sp³-hybridized carbons (Fsp3) is 0.667. The van der Waals surface area contributed by atoms with Crippen molar-refractivity contribution in [3.63, 3.8) is 0 Å². The summed E-state index contributed by atoms with van der Waals surface area (Å²) in [5, 5.41) is 44.7. The zero-order chi connectivity index (χ0) is 26.4. The van der Waals surface area contributed by atoms with Crippen molar-refractivity contribution in [3.05, 3.63) is 0 Å². The molecule has 16 heteroatoms. The second-order valence-corrected chi connectivity index (χ2v) is 8.09. The molecular weight excluding hydrogens is 478 g/mol. The number of hydrogen-bond donors (Lipinski definition) is 9. The van der Waals surface area contributed by atoms with E-state index >= 15 is 0 Å². The fourth-order valence-corrected chi connectivity index (χ4v) is 2.86. The van der Waals surface area contributed by atoms with E-state index in [0.29, 0.717) is 5.75 Å². The molecule has 0 bridgehead atoms. The van der Waals surface area contributed by atoms with E-state index in [2.05, 4.69) is 21.3 Å². The lowest BCUT2D eigenvalue weighted by Gasteiger charge is -2.24. The maximum atomic E-state index is 12.5. The third-order valence-electron chi connectivity index (χ3n) is 4.34. The molecule has 0 aliphatic carbocycles. The van der Waals surface area contributed by atoms with Crippen molar-refractivity contribution in [2.75, 3.05) is 25.2 Å². The maximum Gasteiger partial charge on any atom is 0.328 e. The highest BCUT2D eigenvalue weighted by Gasteiger charge is 2.30. The molecule has 0 aromatic heterocycles. The number of carboxylic acids is 2. The van der Waals surface area contributed by atoms with Gasteiger partial charge in [0.2, 0.25) is 23.6 Å². The van der Waals surface area contributed by atoms with Crippen molar-refractivity contribution in [2.24, 2.45) is 5.73 Å². The standard InChI is InChI=1S/C18H31N5O10S/c1-8(20-17(31)11(5-13(26)27)22-15(29)9(19)6-24)14(28)21-10(3-4-34-2)16(30)23-12(7-25)18(32)33/h8-12,24-25H,3-7,19H2,1-2H3,(H,20,31)(H,21,28)(H,22,29)(H,23,30)(H,26,27)(H,32,33)/t8-,9-,10-,11-,12-/m0/s1. The average Bonchev–Trinajstić information content (AvgIpc) is 2.77. The van der Waals surface area contributed by atoms with Crippen LogP contribution < -0.4 is 27.0 Å². The average molecular weight is 510 g/mol. The highest BCUT2D eigenvalue weighted by Crippen LogP contribution is 2.03. The largest absolute Gasteiger partial charge is 0.481 e. The molecule has 0 spiro atoms. The van der Waals surface area contributed by atoms with E-state index in [0.717, 1.165) is 0 Å². The van der Waals surface area contributed by atoms with Gasteiger partial charge in [-0.2, -0.15) is 11.8 Å². The van der Waals surface area contributed by atoms with Gasteiger partial charge in [0, 0.05) is 0 Å². The minimum absolute atomic E-state index is 0.105. The number of nitrogens with two attached hydrogens (primary N) is 1. The molecule has 0 saturated heterocycles. The Morgan fingerprint density at radius 2 is 1.32 bits per heavy atom. The summed E-state index contributed by atoms with van der Waals surface area (Å²) in [6, 6.07) is -7.05. The molecule has 0 aromatic rings. The highest BCUT2D eigenvalue weighted by molar-refractivity contribution is 7.98. The van der Waals surface area contributed by atoms with Gasteiger partial charge in [0.25, 0.3) is 0 Å². The summed E-state index contributed by atoms with van der Waals surface area (Å²) < 4.78 is 0. The summed E-state index contributed by atoms with van der Waals surface area (Å²) in [5.74, 6) is -6.21. The van der Waals surface area contributed by atoms with Gasteiger partial charge in [0.15, 0.2) is 0 Å².